The van der Waals surface area contributed by atoms with Gasteiger partial charge in [0.2, 0.25) is 0 Å². The number of rotatable bonds is 4. The Labute approximate surface area is 158 Å². The minimum atomic E-state index is -0.0426. The summed E-state index contributed by atoms with van der Waals surface area (Å²) in [4.78, 5) is 12.7. The number of carbonyl (C=O) groups excluding carboxylic acids is 1. The van der Waals surface area contributed by atoms with Crippen molar-refractivity contribution in [2.75, 3.05) is 17.6 Å². The fraction of sp³-hybridized carbons (Fsp3) is 0.333. The number of aryl methyl sites for hydroxylation is 1. The minimum absolute atomic E-state index is 0.0426. The Kier molecular flexibility index (Phi) is 3.87. The van der Waals surface area contributed by atoms with Crippen LogP contribution in [0.5, 0.6) is 0 Å². The summed E-state index contributed by atoms with van der Waals surface area (Å²) in [7, 11) is 0. The second kappa shape index (κ2) is 6.01. The number of hydrogen-bond acceptors (Lipinski definition) is 4. The second-order valence-electron chi connectivity index (χ2n) is 8.14. The van der Waals surface area contributed by atoms with Crippen LogP contribution in [0.4, 0.5) is 11.5 Å². The van der Waals surface area contributed by atoms with Gasteiger partial charge in [-0.3, -0.25) is 9.89 Å². The molecule has 6 nitrogen and oxygen atoms in total. The molecule has 3 aromatic rings. The van der Waals surface area contributed by atoms with Crippen LogP contribution in [0.25, 0.3) is 16.6 Å². The summed E-state index contributed by atoms with van der Waals surface area (Å²) < 4.78 is 2.14. The Balaban J connectivity index is 1.92. The molecule has 0 amide bonds. The fourth-order valence-corrected chi connectivity index (χ4v) is 4.14. The number of fused-ring (bicyclic) bond motifs is 2. The summed E-state index contributed by atoms with van der Waals surface area (Å²) in [6.45, 7) is 10.7. The van der Waals surface area contributed by atoms with E-state index in [9.17, 15) is 4.79 Å². The molecular formula is C21H25N5O. The number of benzene rings is 1. The first-order valence-electron chi connectivity index (χ1n) is 9.17. The molecule has 0 spiro atoms. The van der Waals surface area contributed by atoms with Gasteiger partial charge in [0.05, 0.1) is 10.9 Å². The lowest BCUT2D eigenvalue weighted by Crippen LogP contribution is -2.28. The molecule has 0 radical (unpaired) electrons. The van der Waals surface area contributed by atoms with Crippen LogP contribution in [0.15, 0.2) is 31.0 Å². The van der Waals surface area contributed by atoms with Crippen LogP contribution >= 0.6 is 0 Å². The number of anilines is 2. The van der Waals surface area contributed by atoms with Crippen molar-refractivity contribution in [2.45, 2.75) is 33.6 Å². The molecule has 0 aliphatic heterocycles. The number of nitrogens with zero attached hydrogens (tertiary/aromatic N) is 2. The number of aromatic amines is 1. The molecule has 1 aromatic carbocycles. The Morgan fingerprint density at radius 1 is 1.41 bits per heavy atom. The predicted octanol–water partition coefficient (Wildman–Crippen LogP) is 4.00. The van der Waals surface area contributed by atoms with Gasteiger partial charge in [-0.2, -0.15) is 5.10 Å². The first-order chi connectivity index (χ1) is 12.8. The van der Waals surface area contributed by atoms with E-state index in [-0.39, 0.29) is 11.2 Å². The van der Waals surface area contributed by atoms with Crippen molar-refractivity contribution in [1.29, 1.82) is 0 Å². The van der Waals surface area contributed by atoms with Crippen molar-refractivity contribution < 1.29 is 4.79 Å². The van der Waals surface area contributed by atoms with E-state index in [2.05, 4.69) is 52.8 Å². The lowest BCUT2D eigenvalue weighted by Gasteiger charge is -2.30. The average molecular weight is 363 g/mol. The highest BCUT2D eigenvalue weighted by Crippen LogP contribution is 2.39. The van der Waals surface area contributed by atoms with Gasteiger partial charge in [-0.15, -0.1) is 6.58 Å². The van der Waals surface area contributed by atoms with Gasteiger partial charge in [-0.1, -0.05) is 19.9 Å². The average Bonchev–Trinajstić information content (AvgIpc) is 3.12. The zero-order valence-electron chi connectivity index (χ0n) is 16.0. The minimum Gasteiger partial charge on any atom is -0.382 e. The van der Waals surface area contributed by atoms with Crippen LogP contribution in [0.2, 0.25) is 0 Å². The summed E-state index contributed by atoms with van der Waals surface area (Å²) in [6, 6.07) is 4.09. The van der Waals surface area contributed by atoms with Gasteiger partial charge in [0.15, 0.2) is 11.6 Å². The van der Waals surface area contributed by atoms with E-state index >= 15 is 0 Å². The highest BCUT2D eigenvalue weighted by molar-refractivity contribution is 6.02. The number of ketones is 1. The highest BCUT2D eigenvalue weighted by atomic mass is 16.1. The van der Waals surface area contributed by atoms with Crippen LogP contribution in [0.3, 0.4) is 0 Å². The van der Waals surface area contributed by atoms with Crippen molar-refractivity contribution in [3.8, 4) is 5.69 Å². The zero-order chi connectivity index (χ0) is 19.3. The molecule has 0 atom stereocenters. The van der Waals surface area contributed by atoms with Crippen LogP contribution < -0.4 is 11.1 Å². The summed E-state index contributed by atoms with van der Waals surface area (Å²) in [5.74, 6) is 0.694. The molecule has 0 saturated carbocycles. The van der Waals surface area contributed by atoms with Crippen molar-refractivity contribution in [3.63, 3.8) is 0 Å². The monoisotopic (exact) mass is 363 g/mol. The number of carbonyl (C=O) groups is 1. The summed E-state index contributed by atoms with van der Waals surface area (Å²) >= 11 is 0. The number of aromatic nitrogens is 3. The van der Waals surface area contributed by atoms with Gasteiger partial charge in [0.25, 0.3) is 0 Å². The van der Waals surface area contributed by atoms with Crippen LogP contribution in [-0.2, 0) is 6.42 Å². The van der Waals surface area contributed by atoms with Crippen molar-refractivity contribution in [3.05, 3.63) is 47.8 Å². The fourth-order valence-electron chi connectivity index (χ4n) is 4.14. The first kappa shape index (κ1) is 17.4. The standard InChI is InChI=1S/C21H25N5O/c1-5-6-23-14-7-13(8-15-19(14)20(22)25-24-15)26-11-12(2)18-16(26)9-21(3,4)10-17(18)27/h5,7-8,11,23H,1,6,9-10H2,2-4H3,(H3,22,24,25). The second-order valence-corrected chi connectivity index (χ2v) is 8.14. The third-order valence-corrected chi connectivity index (χ3v) is 5.25. The summed E-state index contributed by atoms with van der Waals surface area (Å²) in [5, 5.41) is 11.4. The molecule has 1 aliphatic carbocycles. The zero-order valence-corrected chi connectivity index (χ0v) is 16.0. The molecular weight excluding hydrogens is 338 g/mol. The highest BCUT2D eigenvalue weighted by Gasteiger charge is 2.34. The maximum atomic E-state index is 12.7. The van der Waals surface area contributed by atoms with E-state index in [1.807, 2.05) is 13.0 Å². The third kappa shape index (κ3) is 2.81. The van der Waals surface area contributed by atoms with E-state index in [1.165, 1.54) is 0 Å². The van der Waals surface area contributed by atoms with Gasteiger partial charge >= 0.3 is 0 Å². The Morgan fingerprint density at radius 3 is 2.93 bits per heavy atom. The van der Waals surface area contributed by atoms with Crippen molar-refractivity contribution in [2.24, 2.45) is 5.41 Å². The van der Waals surface area contributed by atoms with E-state index in [0.29, 0.717) is 18.8 Å². The van der Waals surface area contributed by atoms with Gasteiger partial charge in [-0.05, 0) is 36.5 Å². The Morgan fingerprint density at radius 2 is 2.19 bits per heavy atom. The molecule has 1 aliphatic rings. The Bertz CT molecular complexity index is 1070. The molecule has 6 heteroatoms. The number of Topliss-reactive ketones (excluding diaryl/α,β-unsaturated/α-hetero) is 1. The van der Waals surface area contributed by atoms with Crippen molar-refractivity contribution >= 4 is 28.2 Å². The third-order valence-electron chi connectivity index (χ3n) is 5.25. The number of nitrogen functional groups attached to an aromatic ring is 1. The molecule has 140 valence electrons. The molecule has 0 fully saturated rings. The number of H-pyrrole nitrogens is 1. The van der Waals surface area contributed by atoms with E-state index in [0.717, 1.165) is 45.5 Å². The maximum absolute atomic E-state index is 12.7. The lowest BCUT2D eigenvalue weighted by molar-refractivity contribution is 0.0910. The van der Waals surface area contributed by atoms with E-state index < -0.39 is 0 Å². The summed E-state index contributed by atoms with van der Waals surface area (Å²) in [5.41, 5.74) is 11.7. The quantitative estimate of drug-likeness (QED) is 0.611. The molecule has 0 saturated heterocycles. The molecule has 2 aromatic heterocycles. The van der Waals surface area contributed by atoms with Gasteiger partial charge in [0.1, 0.15) is 0 Å². The molecule has 4 rings (SSSR count). The number of nitrogens with two attached hydrogens (primary N) is 1. The van der Waals surface area contributed by atoms with Gasteiger partial charge < -0.3 is 15.6 Å². The SMILES string of the molecule is C=CCNc1cc(-n2cc(C)c3c2CC(C)(C)CC3=O)cc2[nH]nc(N)c12. The van der Waals surface area contributed by atoms with Crippen LogP contribution in [0, 0.1) is 12.3 Å². The summed E-state index contributed by atoms with van der Waals surface area (Å²) in [6.07, 6.45) is 5.31. The van der Waals surface area contributed by atoms with Gasteiger partial charge in [0, 0.05) is 41.8 Å². The van der Waals surface area contributed by atoms with Crippen LogP contribution in [-0.4, -0.2) is 27.1 Å². The van der Waals surface area contributed by atoms with Crippen molar-refractivity contribution in [1.82, 2.24) is 14.8 Å². The smallest absolute Gasteiger partial charge is 0.165 e. The molecule has 27 heavy (non-hydrogen) atoms. The largest absolute Gasteiger partial charge is 0.382 e. The predicted molar refractivity (Wildman–Crippen MR) is 110 cm³/mol. The molecule has 2 heterocycles. The lowest BCUT2D eigenvalue weighted by atomic mass is 9.75. The van der Waals surface area contributed by atoms with Crippen LogP contribution in [0.1, 0.15) is 41.9 Å². The molecule has 0 unspecified atom stereocenters. The first-order valence-corrected chi connectivity index (χ1v) is 9.17. The normalized spacial score (nSPS) is 15.7. The molecule has 0 bridgehead atoms. The van der Waals surface area contributed by atoms with E-state index in [4.69, 9.17) is 5.73 Å². The number of hydrogen-bond donors (Lipinski definition) is 3. The maximum Gasteiger partial charge on any atom is 0.165 e. The van der Waals surface area contributed by atoms with Gasteiger partial charge in [-0.25, -0.2) is 0 Å². The topological polar surface area (TPSA) is 88.7 Å². The van der Waals surface area contributed by atoms with E-state index in [1.54, 1.807) is 6.08 Å². The molecule has 4 N–H and O–H groups in total. The number of nitrogens with one attached hydrogen (secondary N) is 2. The Hall–Kier alpha value is -3.02.